The lowest BCUT2D eigenvalue weighted by molar-refractivity contribution is -0.121. The molecule has 1 fully saturated rings. The van der Waals surface area contributed by atoms with Crippen molar-refractivity contribution in [3.05, 3.63) is 102 Å². The van der Waals surface area contributed by atoms with Crippen LogP contribution in [0.2, 0.25) is 0 Å². The molecule has 0 saturated carbocycles. The summed E-state index contributed by atoms with van der Waals surface area (Å²) in [5, 5.41) is 10.0. The van der Waals surface area contributed by atoms with Gasteiger partial charge in [0, 0.05) is 29.7 Å². The highest BCUT2D eigenvalue weighted by atomic mass is 16.4. The van der Waals surface area contributed by atoms with E-state index in [2.05, 4.69) is 0 Å². The second-order valence-electron chi connectivity index (χ2n) is 8.02. The number of para-hydroxylation sites is 2. The number of carboxylic acids is 1. The van der Waals surface area contributed by atoms with E-state index in [9.17, 15) is 24.3 Å². The lowest BCUT2D eigenvalue weighted by Gasteiger charge is -2.34. The minimum absolute atomic E-state index is 0.00757. The van der Waals surface area contributed by atoms with Crippen LogP contribution in [0.1, 0.15) is 15.9 Å². The van der Waals surface area contributed by atoms with E-state index in [0.717, 1.165) is 20.7 Å². The third kappa shape index (κ3) is 3.67. The third-order valence-electron chi connectivity index (χ3n) is 5.86. The molecule has 0 unspecified atom stereocenters. The van der Waals surface area contributed by atoms with Crippen LogP contribution < -0.4 is 9.80 Å². The van der Waals surface area contributed by atoms with Gasteiger partial charge in [-0.2, -0.15) is 0 Å². The summed E-state index contributed by atoms with van der Waals surface area (Å²) in [5.74, 6) is -2.66. The predicted octanol–water partition coefficient (Wildman–Crippen LogP) is 4.46. The van der Waals surface area contributed by atoms with Gasteiger partial charge in [-0.3, -0.25) is 9.59 Å². The molecule has 4 aromatic rings. The lowest BCUT2D eigenvalue weighted by atomic mass is 10.0. The molecule has 3 aromatic carbocycles. The highest BCUT2D eigenvalue weighted by molar-refractivity contribution is 6.46. The summed E-state index contributed by atoms with van der Waals surface area (Å²) in [5.41, 5.74) is 1.86. The van der Waals surface area contributed by atoms with Crippen LogP contribution in [0.3, 0.4) is 0 Å². The van der Waals surface area contributed by atoms with Crippen LogP contribution in [-0.4, -0.2) is 33.5 Å². The van der Waals surface area contributed by atoms with Gasteiger partial charge in [-0.05, 0) is 48.5 Å². The number of fused-ring (bicyclic) bond motifs is 1. The van der Waals surface area contributed by atoms with Gasteiger partial charge in [0.25, 0.3) is 11.8 Å². The molecule has 0 bridgehead atoms. The number of aryl methyl sites for hydroxylation is 1. The molecule has 0 spiro atoms. The van der Waals surface area contributed by atoms with Crippen LogP contribution in [0.15, 0.2) is 90.6 Å². The van der Waals surface area contributed by atoms with Gasteiger partial charge in [0.2, 0.25) is 0 Å². The summed E-state index contributed by atoms with van der Waals surface area (Å²) >= 11 is 0. The maximum atomic E-state index is 13.6. The summed E-state index contributed by atoms with van der Waals surface area (Å²) in [6, 6.07) is 20.4. The molecule has 4 amide bonds. The Morgan fingerprint density at radius 2 is 1.34 bits per heavy atom. The first-order valence-corrected chi connectivity index (χ1v) is 10.7. The van der Waals surface area contributed by atoms with Crippen LogP contribution in [0, 0.1) is 0 Å². The molecule has 172 valence electrons. The third-order valence-corrected chi connectivity index (χ3v) is 5.86. The number of aromatic carboxylic acids is 1. The van der Waals surface area contributed by atoms with Crippen LogP contribution in [0.4, 0.5) is 16.2 Å². The number of carbonyl (C=O) groups is 4. The number of carbonyl (C=O) groups excluding carboxylic acids is 3. The summed E-state index contributed by atoms with van der Waals surface area (Å²) in [6.07, 6.45) is 3.31. The quantitative estimate of drug-likeness (QED) is 0.354. The smallest absolute Gasteiger partial charge is 0.343 e. The number of benzene rings is 3. The summed E-state index contributed by atoms with van der Waals surface area (Å²) in [4.78, 5) is 53.6. The van der Waals surface area contributed by atoms with Gasteiger partial charge >= 0.3 is 12.0 Å². The molecule has 1 aromatic heterocycles. The molecule has 1 aliphatic heterocycles. The van der Waals surface area contributed by atoms with Gasteiger partial charge in [-0.25, -0.2) is 19.4 Å². The van der Waals surface area contributed by atoms with E-state index in [-0.39, 0.29) is 16.8 Å². The number of anilines is 2. The summed E-state index contributed by atoms with van der Waals surface area (Å²) in [7, 11) is 1.87. The maximum Gasteiger partial charge on any atom is 0.343 e. The van der Waals surface area contributed by atoms with Gasteiger partial charge in [0.05, 0.1) is 16.9 Å². The number of urea groups is 1. The average Bonchev–Trinajstić information content (AvgIpc) is 3.18. The van der Waals surface area contributed by atoms with Crippen LogP contribution in [0.25, 0.3) is 17.0 Å². The summed E-state index contributed by atoms with van der Waals surface area (Å²) in [6.45, 7) is 0. The average molecular weight is 465 g/mol. The van der Waals surface area contributed by atoms with E-state index in [4.69, 9.17) is 0 Å². The molecular formula is C27H19N3O5. The fourth-order valence-electron chi connectivity index (χ4n) is 4.16. The highest BCUT2D eigenvalue weighted by Gasteiger charge is 2.43. The standard InChI is InChI=1S/C27H19N3O5/c1-28-16-18(21-9-5-6-10-23(21)28)15-22-24(31)29(19-7-3-2-4-8-19)27(35)30(25(22)32)20-13-11-17(12-14-20)26(33)34/h2-16H,1H3,(H,33,34). The number of hydrogen-bond acceptors (Lipinski definition) is 4. The Hall–Kier alpha value is -4.98. The Kier molecular flexibility index (Phi) is 5.25. The molecule has 0 aliphatic carbocycles. The number of imide groups is 2. The van der Waals surface area contributed by atoms with Gasteiger partial charge in [0.15, 0.2) is 0 Å². The first-order valence-electron chi connectivity index (χ1n) is 10.7. The minimum Gasteiger partial charge on any atom is -0.478 e. The number of nitrogens with zero attached hydrogens (tertiary/aromatic N) is 3. The Labute approximate surface area is 199 Å². The number of amides is 4. The van der Waals surface area contributed by atoms with Gasteiger partial charge in [0.1, 0.15) is 5.57 Å². The van der Waals surface area contributed by atoms with Crippen molar-refractivity contribution < 1.29 is 24.3 Å². The first-order chi connectivity index (χ1) is 16.9. The fraction of sp³-hybridized carbons (Fsp3) is 0.0370. The van der Waals surface area contributed by atoms with Crippen LogP contribution in [0.5, 0.6) is 0 Å². The number of rotatable bonds is 4. The van der Waals surface area contributed by atoms with Gasteiger partial charge in [-0.1, -0.05) is 36.4 Å². The number of carboxylic acid groups (broad SMARTS) is 1. The fourth-order valence-corrected chi connectivity index (χ4v) is 4.16. The predicted molar refractivity (Wildman–Crippen MR) is 131 cm³/mol. The number of hydrogen-bond donors (Lipinski definition) is 1. The lowest BCUT2D eigenvalue weighted by Crippen LogP contribution is -2.57. The topological polar surface area (TPSA) is 99.9 Å². The number of barbiturate groups is 1. The molecule has 2 heterocycles. The van der Waals surface area contributed by atoms with E-state index < -0.39 is 23.8 Å². The van der Waals surface area contributed by atoms with E-state index in [1.165, 1.54) is 30.3 Å². The zero-order valence-electron chi connectivity index (χ0n) is 18.6. The first kappa shape index (κ1) is 21.8. The molecular weight excluding hydrogens is 446 g/mol. The molecule has 8 nitrogen and oxygen atoms in total. The van der Waals surface area contributed by atoms with E-state index in [1.54, 1.807) is 30.3 Å². The highest BCUT2D eigenvalue weighted by Crippen LogP contribution is 2.31. The maximum absolute atomic E-state index is 13.6. The van der Waals surface area contributed by atoms with Crippen molar-refractivity contribution in [2.75, 3.05) is 9.80 Å². The second-order valence-corrected chi connectivity index (χ2v) is 8.02. The zero-order chi connectivity index (χ0) is 24.7. The SMILES string of the molecule is Cn1cc(C=C2C(=O)N(c3ccccc3)C(=O)N(c3ccc(C(=O)O)cc3)C2=O)c2ccccc21. The summed E-state index contributed by atoms with van der Waals surface area (Å²) < 4.78 is 1.89. The molecule has 8 heteroatoms. The largest absolute Gasteiger partial charge is 0.478 e. The Morgan fingerprint density at radius 1 is 0.771 bits per heavy atom. The molecule has 1 N–H and O–H groups in total. The van der Waals surface area contributed by atoms with E-state index in [1.807, 2.05) is 42.1 Å². The Balaban J connectivity index is 1.68. The molecule has 35 heavy (non-hydrogen) atoms. The molecule has 0 radical (unpaired) electrons. The minimum atomic E-state index is -1.13. The zero-order valence-corrected chi connectivity index (χ0v) is 18.6. The Morgan fingerprint density at radius 3 is 1.97 bits per heavy atom. The van der Waals surface area contributed by atoms with Crippen LogP contribution in [-0.2, 0) is 16.6 Å². The second kappa shape index (κ2) is 8.42. The van der Waals surface area contributed by atoms with Crippen molar-refractivity contribution >= 4 is 52.2 Å². The van der Waals surface area contributed by atoms with Crippen molar-refractivity contribution in [1.82, 2.24) is 4.57 Å². The van der Waals surface area contributed by atoms with Gasteiger partial charge < -0.3 is 9.67 Å². The van der Waals surface area contributed by atoms with Crippen molar-refractivity contribution in [3.63, 3.8) is 0 Å². The van der Waals surface area contributed by atoms with Crippen molar-refractivity contribution in [3.8, 4) is 0 Å². The van der Waals surface area contributed by atoms with Crippen molar-refractivity contribution in [2.24, 2.45) is 7.05 Å². The van der Waals surface area contributed by atoms with Crippen molar-refractivity contribution in [1.29, 1.82) is 0 Å². The van der Waals surface area contributed by atoms with Crippen LogP contribution >= 0.6 is 0 Å². The Bertz CT molecular complexity index is 1530. The monoisotopic (exact) mass is 465 g/mol. The normalized spacial score (nSPS) is 15.3. The van der Waals surface area contributed by atoms with Crippen molar-refractivity contribution in [2.45, 2.75) is 0 Å². The molecule has 0 atom stereocenters. The van der Waals surface area contributed by atoms with Gasteiger partial charge in [-0.15, -0.1) is 0 Å². The van der Waals surface area contributed by atoms with E-state index in [0.29, 0.717) is 11.3 Å². The molecule has 1 saturated heterocycles. The number of aromatic nitrogens is 1. The molecule has 5 rings (SSSR count). The van der Waals surface area contributed by atoms with E-state index >= 15 is 0 Å². The molecule has 1 aliphatic rings.